The van der Waals surface area contributed by atoms with Crippen molar-refractivity contribution in [1.29, 1.82) is 0 Å². The molecule has 1 N–H and O–H groups in total. The van der Waals surface area contributed by atoms with Crippen LogP contribution in [-0.4, -0.2) is 41.7 Å². The van der Waals surface area contributed by atoms with Crippen LogP contribution < -0.4 is 12.4 Å². The quantitative estimate of drug-likeness (QED) is 0.513. The SMILES string of the molecule is C=CC(=O)O.CCC[N+](CC)(CCC)CCC.[Cl-]. The number of nitrogens with zero attached hydrogens (tertiary/aromatic N) is 1. The molecule has 0 saturated carbocycles. The minimum atomic E-state index is -0.981. The smallest absolute Gasteiger partial charge is 0.327 e. The van der Waals surface area contributed by atoms with Gasteiger partial charge in [-0.15, -0.1) is 0 Å². The van der Waals surface area contributed by atoms with Crippen molar-refractivity contribution in [3.05, 3.63) is 12.7 Å². The van der Waals surface area contributed by atoms with Gasteiger partial charge in [-0.05, 0) is 26.2 Å². The number of carboxylic acids is 1. The molecule has 0 bridgehead atoms. The molecule has 0 atom stereocenters. The molecule has 3 nitrogen and oxygen atoms in total. The molecule has 0 heterocycles. The van der Waals surface area contributed by atoms with Crippen molar-refractivity contribution in [2.45, 2.75) is 47.0 Å². The van der Waals surface area contributed by atoms with Gasteiger partial charge in [-0.25, -0.2) is 4.79 Å². The first-order valence-electron chi connectivity index (χ1n) is 6.72. The van der Waals surface area contributed by atoms with Gasteiger partial charge in [0, 0.05) is 6.08 Å². The maximum absolute atomic E-state index is 9.25. The lowest BCUT2D eigenvalue weighted by molar-refractivity contribution is -0.926. The van der Waals surface area contributed by atoms with Gasteiger partial charge in [-0.2, -0.15) is 0 Å². The number of halogens is 1. The molecule has 4 heteroatoms. The fourth-order valence-electron chi connectivity index (χ4n) is 2.23. The van der Waals surface area contributed by atoms with Gasteiger partial charge in [-0.1, -0.05) is 27.4 Å². The Hall–Kier alpha value is -0.540. The Morgan fingerprint density at radius 3 is 1.44 bits per heavy atom. The molecule has 0 unspecified atom stereocenters. The van der Waals surface area contributed by atoms with E-state index in [-0.39, 0.29) is 12.4 Å². The van der Waals surface area contributed by atoms with E-state index in [0.29, 0.717) is 0 Å². The largest absolute Gasteiger partial charge is 1.00 e. The van der Waals surface area contributed by atoms with Crippen LogP contribution in [0.1, 0.15) is 47.0 Å². The molecule has 18 heavy (non-hydrogen) atoms. The summed E-state index contributed by atoms with van der Waals surface area (Å²) in [6.45, 7) is 17.6. The number of carboxylic acid groups (broad SMARTS) is 1. The molecule has 0 aromatic rings. The Bertz CT molecular complexity index is 191. The monoisotopic (exact) mass is 279 g/mol. The summed E-state index contributed by atoms with van der Waals surface area (Å²) in [5, 5.41) is 7.60. The highest BCUT2D eigenvalue weighted by Crippen LogP contribution is 2.10. The van der Waals surface area contributed by atoms with Crippen LogP contribution in [0.5, 0.6) is 0 Å². The average Bonchev–Trinajstić information content (AvgIpc) is 2.30. The fourth-order valence-corrected chi connectivity index (χ4v) is 2.23. The third-order valence-corrected chi connectivity index (χ3v) is 2.94. The molecule has 0 amide bonds. The van der Waals surface area contributed by atoms with E-state index >= 15 is 0 Å². The van der Waals surface area contributed by atoms with E-state index in [0.717, 1.165) is 6.08 Å². The Morgan fingerprint density at radius 1 is 1.06 bits per heavy atom. The van der Waals surface area contributed by atoms with Crippen molar-refractivity contribution in [3.8, 4) is 0 Å². The average molecular weight is 280 g/mol. The van der Waals surface area contributed by atoms with Crippen molar-refractivity contribution >= 4 is 5.97 Å². The van der Waals surface area contributed by atoms with Crippen molar-refractivity contribution in [2.75, 3.05) is 26.2 Å². The van der Waals surface area contributed by atoms with Gasteiger partial charge < -0.3 is 22.0 Å². The Balaban J connectivity index is -0.000000321. The minimum absolute atomic E-state index is 0. The first-order chi connectivity index (χ1) is 8.01. The topological polar surface area (TPSA) is 37.3 Å². The number of hydrogen-bond donors (Lipinski definition) is 1. The standard InChI is InChI=1S/C11H26N.C3H4O2.ClH/c1-5-9-12(8-4,10-6-2)11-7-3;1-2-3(4)5;/h5-11H2,1-4H3;2H,1H2,(H,4,5);1H/q+1;;/p-1. The number of aliphatic carboxylic acids is 1. The lowest BCUT2D eigenvalue weighted by Gasteiger charge is -2.37. The Labute approximate surface area is 119 Å². The van der Waals surface area contributed by atoms with E-state index in [2.05, 4.69) is 34.3 Å². The van der Waals surface area contributed by atoms with E-state index in [1.165, 1.54) is 49.9 Å². The summed E-state index contributed by atoms with van der Waals surface area (Å²) < 4.78 is 1.35. The summed E-state index contributed by atoms with van der Waals surface area (Å²) in [7, 11) is 0. The van der Waals surface area contributed by atoms with E-state index in [9.17, 15) is 4.79 Å². The van der Waals surface area contributed by atoms with Crippen LogP contribution in [0.15, 0.2) is 12.7 Å². The molecule has 0 aromatic heterocycles. The second-order valence-electron chi connectivity index (χ2n) is 4.37. The van der Waals surface area contributed by atoms with Gasteiger partial charge in [0.05, 0.1) is 26.2 Å². The van der Waals surface area contributed by atoms with Crippen molar-refractivity contribution in [2.24, 2.45) is 0 Å². The normalized spacial score (nSPS) is 9.78. The number of rotatable bonds is 8. The highest BCUT2D eigenvalue weighted by Gasteiger charge is 2.21. The molecule has 0 rings (SSSR count). The molecule has 0 aromatic carbocycles. The molecular formula is C14H30ClNO2. The zero-order valence-electron chi connectivity index (χ0n) is 12.4. The van der Waals surface area contributed by atoms with E-state index in [4.69, 9.17) is 5.11 Å². The molecular weight excluding hydrogens is 250 g/mol. The van der Waals surface area contributed by atoms with Gasteiger partial charge in [0.15, 0.2) is 0 Å². The zero-order chi connectivity index (χ0) is 13.7. The van der Waals surface area contributed by atoms with E-state index in [1.54, 1.807) is 0 Å². The van der Waals surface area contributed by atoms with E-state index < -0.39 is 5.97 Å². The predicted molar refractivity (Wildman–Crippen MR) is 74.1 cm³/mol. The van der Waals surface area contributed by atoms with Crippen molar-refractivity contribution in [3.63, 3.8) is 0 Å². The number of quaternary nitrogens is 1. The summed E-state index contributed by atoms with van der Waals surface area (Å²) in [5.41, 5.74) is 0. The van der Waals surface area contributed by atoms with Gasteiger partial charge in [-0.3, -0.25) is 0 Å². The molecule has 0 radical (unpaired) electrons. The highest BCUT2D eigenvalue weighted by molar-refractivity contribution is 5.78. The lowest BCUT2D eigenvalue weighted by atomic mass is 10.2. The van der Waals surface area contributed by atoms with Crippen LogP contribution in [-0.2, 0) is 4.79 Å². The molecule has 0 saturated heterocycles. The first kappa shape index (κ1) is 22.6. The van der Waals surface area contributed by atoms with Crippen LogP contribution >= 0.6 is 0 Å². The molecule has 0 spiro atoms. The second-order valence-corrected chi connectivity index (χ2v) is 4.37. The maximum Gasteiger partial charge on any atom is 0.327 e. The van der Waals surface area contributed by atoms with Crippen LogP contribution in [0.3, 0.4) is 0 Å². The number of carbonyl (C=O) groups is 1. The summed E-state index contributed by atoms with van der Waals surface area (Å²) >= 11 is 0. The molecule has 110 valence electrons. The zero-order valence-corrected chi connectivity index (χ0v) is 13.2. The van der Waals surface area contributed by atoms with Gasteiger partial charge in [0.25, 0.3) is 0 Å². The molecule has 0 fully saturated rings. The summed E-state index contributed by atoms with van der Waals surface area (Å²) in [4.78, 5) is 9.25. The molecule has 0 aliphatic rings. The van der Waals surface area contributed by atoms with Gasteiger partial charge in [0.2, 0.25) is 0 Å². The fraction of sp³-hybridized carbons (Fsp3) is 0.786. The van der Waals surface area contributed by atoms with Crippen LogP contribution in [0.4, 0.5) is 0 Å². The summed E-state index contributed by atoms with van der Waals surface area (Å²) in [6.07, 6.45) is 4.82. The third kappa shape index (κ3) is 11.9. The minimum Gasteiger partial charge on any atom is -1.00 e. The number of hydrogen-bond acceptors (Lipinski definition) is 1. The highest BCUT2D eigenvalue weighted by atomic mass is 35.5. The molecule has 0 aliphatic heterocycles. The maximum atomic E-state index is 9.25. The van der Waals surface area contributed by atoms with Crippen molar-refractivity contribution < 1.29 is 26.8 Å². The van der Waals surface area contributed by atoms with Crippen LogP contribution in [0.25, 0.3) is 0 Å². The van der Waals surface area contributed by atoms with Crippen LogP contribution in [0.2, 0.25) is 0 Å². The van der Waals surface area contributed by atoms with Crippen LogP contribution in [0, 0.1) is 0 Å². The van der Waals surface area contributed by atoms with E-state index in [1.807, 2.05) is 0 Å². The molecule has 0 aliphatic carbocycles. The Kier molecular flexibility index (Phi) is 18.3. The lowest BCUT2D eigenvalue weighted by Crippen LogP contribution is -3.00. The second kappa shape index (κ2) is 14.5. The predicted octanol–water partition coefficient (Wildman–Crippen LogP) is 0.314. The summed E-state index contributed by atoms with van der Waals surface area (Å²) in [6, 6.07) is 0. The Morgan fingerprint density at radius 2 is 1.33 bits per heavy atom. The van der Waals surface area contributed by atoms with Gasteiger partial charge in [0.1, 0.15) is 0 Å². The first-order valence-corrected chi connectivity index (χ1v) is 6.72. The summed E-state index contributed by atoms with van der Waals surface area (Å²) in [5.74, 6) is -0.981. The van der Waals surface area contributed by atoms with Gasteiger partial charge >= 0.3 is 5.97 Å². The van der Waals surface area contributed by atoms with Crippen molar-refractivity contribution in [1.82, 2.24) is 0 Å². The third-order valence-electron chi connectivity index (χ3n) is 2.94.